The van der Waals surface area contributed by atoms with Crippen LogP contribution >= 0.6 is 0 Å². The van der Waals surface area contributed by atoms with E-state index >= 15 is 0 Å². The van der Waals surface area contributed by atoms with Crippen LogP contribution in [0.5, 0.6) is 5.75 Å². The first-order valence-electron chi connectivity index (χ1n) is 7.73. The van der Waals surface area contributed by atoms with Crippen molar-refractivity contribution >= 4 is 5.97 Å². The van der Waals surface area contributed by atoms with E-state index in [0.29, 0.717) is 12.8 Å². The van der Waals surface area contributed by atoms with Crippen molar-refractivity contribution in [1.29, 1.82) is 0 Å². The van der Waals surface area contributed by atoms with E-state index in [1.165, 1.54) is 5.56 Å². The van der Waals surface area contributed by atoms with Gasteiger partial charge in [-0.15, -0.1) is 0 Å². The van der Waals surface area contributed by atoms with E-state index in [4.69, 9.17) is 0 Å². The van der Waals surface area contributed by atoms with Gasteiger partial charge in [0.1, 0.15) is 5.75 Å². The molecule has 0 heterocycles. The Kier molecular flexibility index (Phi) is 3.45. The summed E-state index contributed by atoms with van der Waals surface area (Å²) in [6.07, 6.45) is 8.48. The Morgan fingerprint density at radius 1 is 1.00 bits per heavy atom. The third kappa shape index (κ3) is 2.00. The van der Waals surface area contributed by atoms with Crippen molar-refractivity contribution in [3.63, 3.8) is 0 Å². The second-order valence-corrected chi connectivity index (χ2v) is 6.25. The van der Waals surface area contributed by atoms with E-state index in [1.54, 1.807) is 6.07 Å². The molecule has 2 aliphatic carbocycles. The standard InChI is InChI=1S/C17H22O3/c18-14-9-8-12-6-2-3-7-13(12)15(14)17(16(19)20)10-4-1-5-11-17/h8-9,18H,1-7,10-11H2,(H,19,20). The van der Waals surface area contributed by atoms with Crippen LogP contribution in [0, 0.1) is 0 Å². The normalized spacial score (nSPS) is 21.2. The fourth-order valence-corrected chi connectivity index (χ4v) is 4.08. The molecule has 2 aliphatic rings. The molecule has 0 bridgehead atoms. The summed E-state index contributed by atoms with van der Waals surface area (Å²) in [6.45, 7) is 0. The molecule has 1 aromatic rings. The van der Waals surface area contributed by atoms with Crippen LogP contribution < -0.4 is 0 Å². The van der Waals surface area contributed by atoms with Crippen molar-refractivity contribution in [3.05, 3.63) is 28.8 Å². The van der Waals surface area contributed by atoms with E-state index < -0.39 is 11.4 Å². The van der Waals surface area contributed by atoms with Gasteiger partial charge in [0.05, 0.1) is 5.41 Å². The maximum atomic E-state index is 12.0. The van der Waals surface area contributed by atoms with Gasteiger partial charge in [-0.25, -0.2) is 0 Å². The van der Waals surface area contributed by atoms with Gasteiger partial charge in [0.15, 0.2) is 0 Å². The predicted octanol–water partition coefficient (Wildman–Crippen LogP) is 3.56. The molecule has 1 aromatic carbocycles. The van der Waals surface area contributed by atoms with Gasteiger partial charge >= 0.3 is 5.97 Å². The number of carbonyl (C=O) groups is 1. The molecule has 0 aliphatic heterocycles. The molecule has 0 aromatic heterocycles. The van der Waals surface area contributed by atoms with Gasteiger partial charge in [-0.1, -0.05) is 25.3 Å². The first kappa shape index (κ1) is 13.5. The summed E-state index contributed by atoms with van der Waals surface area (Å²) in [5.41, 5.74) is 2.25. The highest BCUT2D eigenvalue weighted by Crippen LogP contribution is 2.46. The number of hydrogen-bond donors (Lipinski definition) is 2. The number of rotatable bonds is 2. The number of phenolic OH excluding ortho intramolecular Hbond substituents is 1. The first-order chi connectivity index (χ1) is 9.65. The number of benzene rings is 1. The Labute approximate surface area is 119 Å². The van der Waals surface area contributed by atoms with E-state index in [0.717, 1.165) is 56.1 Å². The van der Waals surface area contributed by atoms with E-state index in [-0.39, 0.29) is 5.75 Å². The van der Waals surface area contributed by atoms with Crippen molar-refractivity contribution in [2.45, 2.75) is 63.2 Å². The summed E-state index contributed by atoms with van der Waals surface area (Å²) in [5, 5.41) is 20.2. The van der Waals surface area contributed by atoms with Crippen molar-refractivity contribution in [2.75, 3.05) is 0 Å². The lowest BCUT2D eigenvalue weighted by Crippen LogP contribution is -2.39. The summed E-state index contributed by atoms with van der Waals surface area (Å²) in [5.74, 6) is -0.568. The minimum absolute atomic E-state index is 0.190. The van der Waals surface area contributed by atoms with Gasteiger partial charge in [-0.2, -0.15) is 0 Å². The molecule has 3 rings (SSSR count). The third-order valence-electron chi connectivity index (χ3n) is 5.11. The Morgan fingerprint density at radius 2 is 1.70 bits per heavy atom. The van der Waals surface area contributed by atoms with Gasteiger partial charge in [0, 0.05) is 5.56 Å². The zero-order valence-corrected chi connectivity index (χ0v) is 11.8. The smallest absolute Gasteiger partial charge is 0.314 e. The Hall–Kier alpha value is -1.51. The monoisotopic (exact) mass is 274 g/mol. The van der Waals surface area contributed by atoms with Crippen LogP contribution in [0.25, 0.3) is 0 Å². The van der Waals surface area contributed by atoms with Crippen LogP contribution in [0.1, 0.15) is 61.6 Å². The highest BCUT2D eigenvalue weighted by atomic mass is 16.4. The van der Waals surface area contributed by atoms with Crippen LogP contribution in [0.2, 0.25) is 0 Å². The third-order valence-corrected chi connectivity index (χ3v) is 5.11. The lowest BCUT2D eigenvalue weighted by atomic mass is 9.66. The van der Waals surface area contributed by atoms with Crippen molar-refractivity contribution in [2.24, 2.45) is 0 Å². The van der Waals surface area contributed by atoms with Crippen molar-refractivity contribution in [3.8, 4) is 5.75 Å². The molecule has 2 N–H and O–H groups in total. The van der Waals surface area contributed by atoms with Gasteiger partial charge in [0.25, 0.3) is 0 Å². The fourth-order valence-electron chi connectivity index (χ4n) is 4.08. The molecule has 20 heavy (non-hydrogen) atoms. The lowest BCUT2D eigenvalue weighted by Gasteiger charge is -2.37. The van der Waals surface area contributed by atoms with Crippen LogP contribution in [-0.2, 0) is 23.1 Å². The minimum atomic E-state index is -0.856. The second kappa shape index (κ2) is 5.12. The highest BCUT2D eigenvalue weighted by Gasteiger charge is 2.45. The van der Waals surface area contributed by atoms with Gasteiger partial charge < -0.3 is 10.2 Å². The van der Waals surface area contributed by atoms with Crippen LogP contribution in [0.15, 0.2) is 12.1 Å². The molecule has 0 unspecified atom stereocenters. The zero-order valence-electron chi connectivity index (χ0n) is 11.8. The topological polar surface area (TPSA) is 57.5 Å². The van der Waals surface area contributed by atoms with Gasteiger partial charge in [-0.05, 0) is 55.7 Å². The first-order valence-corrected chi connectivity index (χ1v) is 7.73. The number of carboxylic acids is 1. The van der Waals surface area contributed by atoms with Crippen LogP contribution in [-0.4, -0.2) is 16.2 Å². The molecule has 108 valence electrons. The van der Waals surface area contributed by atoms with Crippen molar-refractivity contribution < 1.29 is 15.0 Å². The minimum Gasteiger partial charge on any atom is -0.508 e. The molecule has 3 nitrogen and oxygen atoms in total. The quantitative estimate of drug-likeness (QED) is 0.867. The molecule has 0 amide bonds. The average Bonchev–Trinajstić information content (AvgIpc) is 2.47. The molecule has 0 atom stereocenters. The maximum Gasteiger partial charge on any atom is 0.314 e. The van der Waals surface area contributed by atoms with Crippen molar-refractivity contribution in [1.82, 2.24) is 0 Å². The fraction of sp³-hybridized carbons (Fsp3) is 0.588. The largest absolute Gasteiger partial charge is 0.508 e. The molecule has 1 fully saturated rings. The Morgan fingerprint density at radius 3 is 2.40 bits per heavy atom. The maximum absolute atomic E-state index is 12.0. The molecular formula is C17H22O3. The van der Waals surface area contributed by atoms with Gasteiger partial charge in [-0.3, -0.25) is 4.79 Å². The summed E-state index contributed by atoms with van der Waals surface area (Å²) >= 11 is 0. The highest BCUT2D eigenvalue weighted by molar-refractivity contribution is 5.83. The molecule has 0 radical (unpaired) electrons. The van der Waals surface area contributed by atoms with E-state index in [1.807, 2.05) is 6.07 Å². The van der Waals surface area contributed by atoms with E-state index in [9.17, 15) is 15.0 Å². The molecular weight excluding hydrogens is 252 g/mol. The average molecular weight is 274 g/mol. The number of fused-ring (bicyclic) bond motifs is 1. The number of phenols is 1. The number of carboxylic acid groups (broad SMARTS) is 1. The Balaban J connectivity index is 2.18. The molecule has 0 spiro atoms. The summed E-state index contributed by atoms with van der Waals surface area (Å²) in [4.78, 5) is 12.0. The number of aryl methyl sites for hydroxylation is 1. The Bertz CT molecular complexity index is 527. The molecule has 3 heteroatoms. The number of hydrogen-bond acceptors (Lipinski definition) is 2. The van der Waals surface area contributed by atoms with Gasteiger partial charge in [0.2, 0.25) is 0 Å². The predicted molar refractivity (Wildman–Crippen MR) is 77.1 cm³/mol. The lowest BCUT2D eigenvalue weighted by molar-refractivity contribution is -0.145. The summed E-state index contributed by atoms with van der Waals surface area (Å²) < 4.78 is 0. The van der Waals surface area contributed by atoms with Crippen LogP contribution in [0.4, 0.5) is 0 Å². The summed E-state index contributed by atoms with van der Waals surface area (Å²) in [6, 6.07) is 3.69. The molecule has 1 saturated carbocycles. The number of aromatic hydroxyl groups is 1. The number of aliphatic carboxylic acids is 1. The summed E-state index contributed by atoms with van der Waals surface area (Å²) in [7, 11) is 0. The second-order valence-electron chi connectivity index (χ2n) is 6.25. The van der Waals surface area contributed by atoms with E-state index in [2.05, 4.69) is 0 Å². The van der Waals surface area contributed by atoms with Crippen LogP contribution in [0.3, 0.4) is 0 Å². The zero-order chi connectivity index (χ0) is 14.2. The SMILES string of the molecule is O=C(O)C1(c2c(O)ccc3c2CCCC3)CCCCC1. The molecule has 0 saturated heterocycles.